The summed E-state index contributed by atoms with van der Waals surface area (Å²) in [5.74, 6) is 0. The highest BCUT2D eigenvalue weighted by Gasteiger charge is 2.22. The van der Waals surface area contributed by atoms with Crippen molar-refractivity contribution < 1.29 is 13.2 Å². The van der Waals surface area contributed by atoms with E-state index in [1.54, 1.807) is 12.1 Å². The Hall–Kier alpha value is -2.52. The zero-order valence-corrected chi connectivity index (χ0v) is 21.9. The minimum atomic E-state index is -4.01. The summed E-state index contributed by atoms with van der Waals surface area (Å²) in [5, 5.41) is 6.11. The van der Waals surface area contributed by atoms with E-state index in [1.165, 1.54) is 36.2 Å². The number of amides is 2. The van der Waals surface area contributed by atoms with Crippen LogP contribution in [-0.2, 0) is 23.0 Å². The number of nitrogens with one attached hydrogen (secondary N) is 1. The van der Waals surface area contributed by atoms with Crippen molar-refractivity contribution >= 4 is 56.4 Å². The molecule has 1 aliphatic carbocycles. The van der Waals surface area contributed by atoms with Gasteiger partial charge in [-0.15, -0.1) is 0 Å². The Morgan fingerprint density at radius 1 is 1.11 bits per heavy atom. The average molecular weight is 554 g/mol. The fourth-order valence-corrected chi connectivity index (χ4v) is 5.48. The molecule has 1 heterocycles. The molecular formula is C24H23Cl3N4O3S. The number of carbonyl (C=O) groups excluding carboxylic acids is 1. The number of fused-ring (bicyclic) bond motifs is 1. The van der Waals surface area contributed by atoms with E-state index in [2.05, 4.69) is 9.82 Å². The zero-order chi connectivity index (χ0) is 25.2. The lowest BCUT2D eigenvalue weighted by Crippen LogP contribution is -2.40. The SMILES string of the molecule is CN(CC=C1CCCc2cnn(Cc3ccc(Cl)cc3Cl)c21)C(=O)NS(=O)(=O)c1ccc(Cl)cc1. The van der Waals surface area contributed by atoms with Crippen molar-refractivity contribution in [1.29, 1.82) is 0 Å². The largest absolute Gasteiger partial charge is 0.331 e. The number of aromatic nitrogens is 2. The lowest BCUT2D eigenvalue weighted by molar-refractivity contribution is 0.219. The summed E-state index contributed by atoms with van der Waals surface area (Å²) in [7, 11) is -2.47. The second-order valence-corrected chi connectivity index (χ2v) is 11.2. The molecule has 0 saturated heterocycles. The average Bonchev–Trinajstić information content (AvgIpc) is 3.22. The minimum Gasteiger partial charge on any atom is -0.323 e. The monoisotopic (exact) mass is 552 g/mol. The number of hydrogen-bond donors (Lipinski definition) is 1. The Labute approximate surface area is 219 Å². The Morgan fingerprint density at radius 3 is 2.54 bits per heavy atom. The van der Waals surface area contributed by atoms with Crippen molar-refractivity contribution in [2.45, 2.75) is 30.7 Å². The van der Waals surface area contributed by atoms with Crippen LogP contribution in [0.2, 0.25) is 15.1 Å². The van der Waals surface area contributed by atoms with Crippen LogP contribution in [-0.4, -0.2) is 42.7 Å². The normalized spacial score (nSPS) is 14.6. The standard InChI is InChI=1S/C24H23Cl3N4O3S/c1-30(24(32)29-35(33,34)21-9-7-19(25)8-10-21)12-11-16-3-2-4-17-14-28-31(23(16)17)15-18-5-6-20(26)13-22(18)27/h5-11,13-14H,2-4,12,15H2,1H3,(H,29,32). The van der Waals surface area contributed by atoms with E-state index in [4.69, 9.17) is 34.8 Å². The van der Waals surface area contributed by atoms with Gasteiger partial charge in [0.25, 0.3) is 10.0 Å². The van der Waals surface area contributed by atoms with Gasteiger partial charge in [0.2, 0.25) is 0 Å². The van der Waals surface area contributed by atoms with E-state index in [1.807, 2.05) is 23.0 Å². The van der Waals surface area contributed by atoms with Crippen molar-refractivity contribution in [3.8, 4) is 0 Å². The van der Waals surface area contributed by atoms with Crippen molar-refractivity contribution in [1.82, 2.24) is 19.4 Å². The Kier molecular flexibility index (Phi) is 7.76. The van der Waals surface area contributed by atoms with E-state index < -0.39 is 16.1 Å². The smallest absolute Gasteiger partial charge is 0.323 e. The molecule has 1 aromatic heterocycles. The highest BCUT2D eigenvalue weighted by Crippen LogP contribution is 2.32. The Bertz CT molecular complexity index is 1390. The Balaban J connectivity index is 1.49. The molecule has 0 atom stereocenters. The molecule has 0 aliphatic heterocycles. The van der Waals surface area contributed by atoms with Crippen molar-refractivity contribution in [2.75, 3.05) is 13.6 Å². The fraction of sp³-hybridized carbons (Fsp3) is 0.250. The number of allylic oxidation sites excluding steroid dienone is 1. The van der Waals surface area contributed by atoms with Crippen molar-refractivity contribution in [2.24, 2.45) is 0 Å². The molecule has 1 N–H and O–H groups in total. The van der Waals surface area contributed by atoms with Crippen LogP contribution in [0.15, 0.2) is 59.6 Å². The molecule has 35 heavy (non-hydrogen) atoms. The topological polar surface area (TPSA) is 84.3 Å². The van der Waals surface area contributed by atoms with Crippen molar-refractivity contribution in [3.63, 3.8) is 0 Å². The number of aryl methyl sites for hydroxylation is 1. The first kappa shape index (κ1) is 25.6. The molecule has 11 heteroatoms. The third-order valence-electron chi connectivity index (χ3n) is 5.75. The quantitative estimate of drug-likeness (QED) is 0.428. The van der Waals surface area contributed by atoms with E-state index in [0.29, 0.717) is 21.6 Å². The lowest BCUT2D eigenvalue weighted by atomic mass is 9.92. The fourth-order valence-electron chi connectivity index (χ4n) is 3.89. The molecule has 1 aliphatic rings. The molecule has 3 aromatic rings. The first-order chi connectivity index (χ1) is 16.6. The van der Waals surface area contributed by atoms with Gasteiger partial charge in [0, 0.05) is 28.7 Å². The summed E-state index contributed by atoms with van der Waals surface area (Å²) in [6.07, 6.45) is 6.50. The summed E-state index contributed by atoms with van der Waals surface area (Å²) < 4.78 is 29.0. The van der Waals surface area contributed by atoms with Crippen LogP contribution in [0.25, 0.3) is 5.57 Å². The number of carbonyl (C=O) groups is 1. The predicted molar refractivity (Wildman–Crippen MR) is 139 cm³/mol. The van der Waals surface area contributed by atoms with Crippen LogP contribution >= 0.6 is 34.8 Å². The summed E-state index contributed by atoms with van der Waals surface area (Å²) in [6.45, 7) is 0.710. The molecule has 2 amide bonds. The number of nitrogens with zero attached hydrogens (tertiary/aromatic N) is 3. The summed E-state index contributed by atoms with van der Waals surface area (Å²) >= 11 is 18.2. The van der Waals surface area contributed by atoms with Gasteiger partial charge in [0.1, 0.15) is 0 Å². The highest BCUT2D eigenvalue weighted by atomic mass is 35.5. The number of likely N-dealkylation sites (N-methyl/N-ethyl adjacent to an activating group) is 1. The third kappa shape index (κ3) is 6.01. The van der Waals surface area contributed by atoms with Gasteiger partial charge >= 0.3 is 6.03 Å². The molecule has 4 rings (SSSR count). The van der Waals surface area contributed by atoms with Gasteiger partial charge < -0.3 is 4.90 Å². The van der Waals surface area contributed by atoms with Gasteiger partial charge in [-0.05, 0) is 72.4 Å². The summed E-state index contributed by atoms with van der Waals surface area (Å²) in [4.78, 5) is 13.9. The number of halogens is 3. The zero-order valence-electron chi connectivity index (χ0n) is 18.8. The molecule has 0 spiro atoms. The predicted octanol–water partition coefficient (Wildman–Crippen LogP) is 5.64. The van der Waals surface area contributed by atoms with Gasteiger partial charge in [-0.3, -0.25) is 4.68 Å². The highest BCUT2D eigenvalue weighted by molar-refractivity contribution is 7.90. The summed E-state index contributed by atoms with van der Waals surface area (Å²) in [5.41, 5.74) is 4.08. The van der Waals surface area contributed by atoms with Gasteiger partial charge in [0.05, 0.1) is 23.3 Å². The summed E-state index contributed by atoms with van der Waals surface area (Å²) in [6, 6.07) is 10.2. The first-order valence-corrected chi connectivity index (χ1v) is 13.5. The maximum Gasteiger partial charge on any atom is 0.331 e. The van der Waals surface area contributed by atoms with Gasteiger partial charge in [0.15, 0.2) is 0 Å². The molecule has 2 aromatic carbocycles. The van der Waals surface area contributed by atoms with Crippen LogP contribution in [0.5, 0.6) is 0 Å². The van der Waals surface area contributed by atoms with Crippen LogP contribution in [0.1, 0.15) is 29.7 Å². The van der Waals surface area contributed by atoms with Crippen LogP contribution in [0, 0.1) is 0 Å². The second kappa shape index (κ2) is 10.6. The van der Waals surface area contributed by atoms with Gasteiger partial charge in [-0.2, -0.15) is 5.10 Å². The first-order valence-electron chi connectivity index (χ1n) is 10.9. The Morgan fingerprint density at radius 2 is 1.83 bits per heavy atom. The second-order valence-electron chi connectivity index (χ2n) is 8.24. The molecule has 0 fully saturated rings. The van der Waals surface area contributed by atoms with Crippen LogP contribution in [0.4, 0.5) is 4.79 Å². The number of hydrogen-bond acceptors (Lipinski definition) is 4. The van der Waals surface area contributed by atoms with Gasteiger partial charge in [-0.25, -0.2) is 17.9 Å². The van der Waals surface area contributed by atoms with E-state index in [0.717, 1.165) is 41.7 Å². The van der Waals surface area contributed by atoms with E-state index in [9.17, 15) is 13.2 Å². The molecule has 0 bridgehead atoms. The number of rotatable bonds is 6. The molecule has 0 saturated carbocycles. The number of urea groups is 1. The van der Waals surface area contributed by atoms with Gasteiger partial charge in [-0.1, -0.05) is 46.9 Å². The maximum atomic E-state index is 12.6. The van der Waals surface area contributed by atoms with Crippen molar-refractivity contribution in [3.05, 3.63) is 86.6 Å². The molecule has 7 nitrogen and oxygen atoms in total. The van der Waals surface area contributed by atoms with E-state index in [-0.39, 0.29) is 11.4 Å². The molecule has 184 valence electrons. The van der Waals surface area contributed by atoms with Crippen LogP contribution in [0.3, 0.4) is 0 Å². The molecule has 0 radical (unpaired) electrons. The number of benzene rings is 2. The van der Waals surface area contributed by atoms with E-state index >= 15 is 0 Å². The lowest BCUT2D eigenvalue weighted by Gasteiger charge is -2.21. The third-order valence-corrected chi connectivity index (χ3v) is 7.93. The maximum absolute atomic E-state index is 12.6. The van der Waals surface area contributed by atoms with Crippen LogP contribution < -0.4 is 4.72 Å². The number of sulfonamides is 1. The molecule has 0 unspecified atom stereocenters. The molecular weight excluding hydrogens is 531 g/mol. The minimum absolute atomic E-state index is 0.0383.